The highest BCUT2D eigenvalue weighted by Crippen LogP contribution is 2.29. The van der Waals surface area contributed by atoms with Crippen LogP contribution in [0.1, 0.15) is 24.0 Å². The number of nitrogens with one attached hydrogen (secondary N) is 2. The second-order valence-electron chi connectivity index (χ2n) is 7.18. The molecule has 4 rings (SSSR count). The highest BCUT2D eigenvalue weighted by atomic mass is 32.2. The lowest BCUT2D eigenvalue weighted by atomic mass is 9.96. The Balaban J connectivity index is 1.42. The summed E-state index contributed by atoms with van der Waals surface area (Å²) in [7, 11) is -3.62. The van der Waals surface area contributed by atoms with E-state index in [0.717, 1.165) is 45.4 Å². The summed E-state index contributed by atoms with van der Waals surface area (Å²) in [6.07, 6.45) is 2.54. The van der Waals surface area contributed by atoms with Crippen LogP contribution in [0.25, 0.3) is 0 Å². The third-order valence-electron chi connectivity index (χ3n) is 5.40. The van der Waals surface area contributed by atoms with Crippen molar-refractivity contribution < 1.29 is 12.8 Å². The van der Waals surface area contributed by atoms with Crippen molar-refractivity contribution in [2.75, 3.05) is 24.5 Å². The molecule has 2 aliphatic rings. The fourth-order valence-electron chi connectivity index (χ4n) is 3.95. The molecule has 2 N–H and O–H groups in total. The topological polar surface area (TPSA) is 61.4 Å². The van der Waals surface area contributed by atoms with E-state index in [0.29, 0.717) is 0 Å². The summed E-state index contributed by atoms with van der Waals surface area (Å²) in [5.41, 5.74) is 4.06. The van der Waals surface area contributed by atoms with Gasteiger partial charge in [0.15, 0.2) is 0 Å². The molecule has 27 heavy (non-hydrogen) atoms. The molecule has 2 aromatic rings. The molecule has 144 valence electrons. The largest absolute Gasteiger partial charge is 0.371 e. The van der Waals surface area contributed by atoms with E-state index in [9.17, 15) is 12.8 Å². The molecule has 0 aliphatic carbocycles. The van der Waals surface area contributed by atoms with Crippen molar-refractivity contribution in [3.05, 3.63) is 59.4 Å². The fraction of sp³-hybridized carbons (Fsp3) is 0.400. The Bertz CT molecular complexity index is 907. The van der Waals surface area contributed by atoms with Crippen LogP contribution in [0.2, 0.25) is 0 Å². The SMILES string of the molecule is O=S(=O)(NC1CCN(c2cccc3c2CCNC3)CC1)c1ccc(F)cc1. The number of benzene rings is 2. The lowest BCUT2D eigenvalue weighted by Gasteiger charge is -2.36. The molecule has 0 saturated carbocycles. The summed E-state index contributed by atoms with van der Waals surface area (Å²) in [6, 6.07) is 11.3. The summed E-state index contributed by atoms with van der Waals surface area (Å²) in [5.74, 6) is -0.441. The maximum absolute atomic E-state index is 13.0. The van der Waals surface area contributed by atoms with E-state index in [2.05, 4.69) is 33.1 Å². The predicted octanol–water partition coefficient (Wildman–Crippen LogP) is 2.42. The van der Waals surface area contributed by atoms with Crippen LogP contribution in [0.4, 0.5) is 10.1 Å². The van der Waals surface area contributed by atoms with Gasteiger partial charge in [-0.15, -0.1) is 0 Å². The molecule has 2 aromatic carbocycles. The number of sulfonamides is 1. The molecule has 1 saturated heterocycles. The van der Waals surface area contributed by atoms with Crippen molar-refractivity contribution in [3.8, 4) is 0 Å². The number of hydrogen-bond donors (Lipinski definition) is 2. The van der Waals surface area contributed by atoms with Crippen LogP contribution >= 0.6 is 0 Å². The molecule has 0 spiro atoms. The third-order valence-corrected chi connectivity index (χ3v) is 6.93. The lowest BCUT2D eigenvalue weighted by molar-refractivity contribution is 0.459. The molecule has 0 radical (unpaired) electrons. The number of rotatable bonds is 4. The van der Waals surface area contributed by atoms with Crippen molar-refractivity contribution >= 4 is 15.7 Å². The number of nitrogens with zero attached hydrogens (tertiary/aromatic N) is 1. The Hall–Kier alpha value is -1.96. The average molecular weight is 389 g/mol. The zero-order valence-corrected chi connectivity index (χ0v) is 15.9. The molecule has 2 aliphatic heterocycles. The molecule has 0 aromatic heterocycles. The number of anilines is 1. The van der Waals surface area contributed by atoms with Gasteiger partial charge in [-0.2, -0.15) is 0 Å². The molecule has 0 atom stereocenters. The second-order valence-corrected chi connectivity index (χ2v) is 8.89. The maximum Gasteiger partial charge on any atom is 0.240 e. The third kappa shape index (κ3) is 4.00. The van der Waals surface area contributed by atoms with E-state index in [1.54, 1.807) is 0 Å². The fourth-order valence-corrected chi connectivity index (χ4v) is 5.25. The van der Waals surface area contributed by atoms with Crippen molar-refractivity contribution in [1.29, 1.82) is 0 Å². The Morgan fingerprint density at radius 1 is 1.07 bits per heavy atom. The molecule has 0 amide bonds. The predicted molar refractivity (Wildman–Crippen MR) is 104 cm³/mol. The van der Waals surface area contributed by atoms with Crippen LogP contribution in [0.3, 0.4) is 0 Å². The minimum atomic E-state index is -3.62. The standard InChI is InChI=1S/C20H24FN3O2S/c21-16-4-6-18(7-5-16)27(25,26)23-17-9-12-24(13-10-17)20-3-1-2-15-14-22-11-8-19(15)20/h1-7,17,22-23H,8-14H2. The Kier molecular flexibility index (Phi) is 5.16. The van der Waals surface area contributed by atoms with Crippen molar-refractivity contribution in [1.82, 2.24) is 10.0 Å². The Morgan fingerprint density at radius 2 is 1.81 bits per heavy atom. The van der Waals surface area contributed by atoms with Gasteiger partial charge in [-0.05, 0) is 67.3 Å². The monoisotopic (exact) mass is 389 g/mol. The van der Waals surface area contributed by atoms with Crippen LogP contribution in [0.15, 0.2) is 47.4 Å². The van der Waals surface area contributed by atoms with Crippen molar-refractivity contribution in [2.45, 2.75) is 36.7 Å². The van der Waals surface area contributed by atoms with Crippen molar-refractivity contribution in [2.24, 2.45) is 0 Å². The maximum atomic E-state index is 13.0. The smallest absolute Gasteiger partial charge is 0.240 e. The van der Waals surface area contributed by atoms with Gasteiger partial charge in [0.2, 0.25) is 10.0 Å². The highest BCUT2D eigenvalue weighted by Gasteiger charge is 2.26. The molecule has 7 heteroatoms. The van der Waals surface area contributed by atoms with Crippen LogP contribution < -0.4 is 14.9 Å². The van der Waals surface area contributed by atoms with E-state index in [1.807, 2.05) is 0 Å². The molecule has 1 fully saturated rings. The van der Waals surface area contributed by atoms with Gasteiger partial charge >= 0.3 is 0 Å². The molecular weight excluding hydrogens is 365 g/mol. The van der Waals surface area contributed by atoms with Gasteiger partial charge in [0.05, 0.1) is 4.90 Å². The van der Waals surface area contributed by atoms with E-state index in [-0.39, 0.29) is 10.9 Å². The molecular formula is C20H24FN3O2S. The number of halogens is 1. The first kappa shape index (κ1) is 18.4. The zero-order chi connectivity index (χ0) is 18.9. The normalized spacial score (nSPS) is 18.3. The summed E-state index contributed by atoms with van der Waals surface area (Å²) >= 11 is 0. The number of piperidine rings is 1. The number of fused-ring (bicyclic) bond motifs is 1. The van der Waals surface area contributed by atoms with E-state index >= 15 is 0 Å². The van der Waals surface area contributed by atoms with Crippen LogP contribution in [-0.2, 0) is 23.0 Å². The second kappa shape index (κ2) is 7.58. The van der Waals surface area contributed by atoms with Gasteiger partial charge in [0.25, 0.3) is 0 Å². The molecule has 2 heterocycles. The Labute approximate surface area is 159 Å². The van der Waals surface area contributed by atoms with Gasteiger partial charge in [-0.1, -0.05) is 12.1 Å². The van der Waals surface area contributed by atoms with Crippen LogP contribution in [0, 0.1) is 5.82 Å². The average Bonchev–Trinajstić information content (AvgIpc) is 2.68. The molecule has 0 bridgehead atoms. The van der Waals surface area contributed by atoms with Gasteiger partial charge in [-0.3, -0.25) is 0 Å². The first-order valence-corrected chi connectivity index (χ1v) is 10.9. The summed E-state index contributed by atoms with van der Waals surface area (Å²) in [5, 5.41) is 3.40. The van der Waals surface area contributed by atoms with Gasteiger partial charge < -0.3 is 10.2 Å². The zero-order valence-electron chi connectivity index (χ0n) is 15.1. The van der Waals surface area contributed by atoms with Crippen LogP contribution in [0.5, 0.6) is 0 Å². The van der Waals surface area contributed by atoms with E-state index in [1.165, 1.54) is 41.1 Å². The van der Waals surface area contributed by atoms with Gasteiger partial charge in [0.1, 0.15) is 5.82 Å². The lowest BCUT2D eigenvalue weighted by Crippen LogP contribution is -2.45. The Morgan fingerprint density at radius 3 is 2.56 bits per heavy atom. The molecule has 0 unspecified atom stereocenters. The van der Waals surface area contributed by atoms with E-state index in [4.69, 9.17) is 0 Å². The van der Waals surface area contributed by atoms with Gasteiger partial charge in [-0.25, -0.2) is 17.5 Å². The van der Waals surface area contributed by atoms with Crippen molar-refractivity contribution in [3.63, 3.8) is 0 Å². The van der Waals surface area contributed by atoms with E-state index < -0.39 is 15.8 Å². The minimum Gasteiger partial charge on any atom is -0.371 e. The van der Waals surface area contributed by atoms with Crippen LogP contribution in [-0.4, -0.2) is 34.1 Å². The number of hydrogen-bond acceptors (Lipinski definition) is 4. The quantitative estimate of drug-likeness (QED) is 0.843. The summed E-state index contributed by atoms with van der Waals surface area (Å²) in [4.78, 5) is 2.48. The van der Waals surface area contributed by atoms with Gasteiger partial charge in [0, 0.05) is 31.4 Å². The highest BCUT2D eigenvalue weighted by molar-refractivity contribution is 7.89. The first-order valence-electron chi connectivity index (χ1n) is 9.37. The first-order chi connectivity index (χ1) is 13.0. The summed E-state index contributed by atoms with van der Waals surface area (Å²) in [6.45, 7) is 3.55. The minimum absolute atomic E-state index is 0.0995. The molecule has 5 nitrogen and oxygen atoms in total. The summed E-state index contributed by atoms with van der Waals surface area (Å²) < 4.78 is 40.8.